The number of hydrogen-bond donors (Lipinski definition) is 1. The summed E-state index contributed by atoms with van der Waals surface area (Å²) in [4.78, 5) is 4.81. The van der Waals surface area contributed by atoms with Crippen molar-refractivity contribution in [3.8, 4) is 16.9 Å². The second-order valence-corrected chi connectivity index (χ2v) is 10.2. The number of benzene rings is 2. The Balaban J connectivity index is 1.24. The van der Waals surface area contributed by atoms with E-state index in [-0.39, 0.29) is 29.3 Å². The Kier molecular flexibility index (Phi) is 3.63. The molecule has 0 spiro atoms. The zero-order valence-corrected chi connectivity index (χ0v) is 17.9. The van der Waals surface area contributed by atoms with Gasteiger partial charge in [0, 0.05) is 40.8 Å². The van der Waals surface area contributed by atoms with Crippen LogP contribution in [-0.4, -0.2) is 34.1 Å². The molecular formula is C23H16FN5O3S. The zero-order chi connectivity index (χ0) is 22.3. The third-order valence-corrected chi connectivity index (χ3v) is 7.93. The molecule has 33 heavy (non-hydrogen) atoms. The Labute approximate surface area is 187 Å². The van der Waals surface area contributed by atoms with E-state index in [9.17, 15) is 12.8 Å². The molecule has 10 heteroatoms. The molecule has 0 radical (unpaired) electrons. The summed E-state index contributed by atoms with van der Waals surface area (Å²) in [7, 11) is -3.36. The molecule has 1 saturated carbocycles. The molecule has 4 heterocycles. The average molecular weight is 461 g/mol. The molecule has 1 fully saturated rings. The van der Waals surface area contributed by atoms with Crippen LogP contribution in [-0.2, 0) is 16.4 Å². The summed E-state index contributed by atoms with van der Waals surface area (Å²) >= 11 is 0. The summed E-state index contributed by atoms with van der Waals surface area (Å²) in [6.07, 6.45) is 5.90. The number of halogens is 1. The molecule has 0 unspecified atom stereocenters. The quantitative estimate of drug-likeness (QED) is 0.496. The number of rotatable bonds is 4. The number of anilines is 1. The first-order chi connectivity index (χ1) is 16.0. The molecule has 164 valence electrons. The normalized spacial score (nSPS) is 20.9. The van der Waals surface area contributed by atoms with Gasteiger partial charge in [0.15, 0.2) is 15.5 Å². The van der Waals surface area contributed by atoms with Gasteiger partial charge in [0.2, 0.25) is 5.95 Å². The van der Waals surface area contributed by atoms with Crippen LogP contribution in [0.1, 0.15) is 29.0 Å². The maximum absolute atomic E-state index is 14.6. The summed E-state index contributed by atoms with van der Waals surface area (Å²) in [6.45, 7) is 0.253. The number of fused-ring (bicyclic) bond motifs is 5. The maximum atomic E-state index is 14.6. The highest BCUT2D eigenvalue weighted by Crippen LogP contribution is 2.55. The lowest BCUT2D eigenvalue weighted by Crippen LogP contribution is -2.10. The van der Waals surface area contributed by atoms with Crippen LogP contribution in [0.25, 0.3) is 22.9 Å². The second kappa shape index (κ2) is 6.38. The van der Waals surface area contributed by atoms with Crippen LogP contribution in [0.4, 0.5) is 10.3 Å². The molecule has 0 saturated heterocycles. The van der Waals surface area contributed by atoms with Gasteiger partial charge in [-0.2, -0.15) is 0 Å². The van der Waals surface area contributed by atoms with Gasteiger partial charge in [-0.3, -0.25) is 4.40 Å². The van der Waals surface area contributed by atoms with Crippen LogP contribution >= 0.6 is 0 Å². The lowest BCUT2D eigenvalue weighted by atomic mass is 10.0. The molecule has 1 N–H and O–H groups in total. The zero-order valence-electron chi connectivity index (χ0n) is 17.1. The molecule has 2 aliphatic heterocycles. The van der Waals surface area contributed by atoms with Crippen molar-refractivity contribution >= 4 is 27.5 Å². The monoisotopic (exact) mass is 461 g/mol. The summed E-state index contributed by atoms with van der Waals surface area (Å²) in [5.41, 5.74) is 4.21. The predicted molar refractivity (Wildman–Crippen MR) is 118 cm³/mol. The first-order valence-electron chi connectivity index (χ1n) is 10.5. The minimum atomic E-state index is -3.36. The first kappa shape index (κ1) is 18.8. The first-order valence-corrected chi connectivity index (χ1v) is 12.0. The number of ether oxygens (including phenoxy) is 1. The average Bonchev–Trinajstić information content (AvgIpc) is 3.12. The van der Waals surface area contributed by atoms with E-state index in [4.69, 9.17) is 4.74 Å². The minimum absolute atomic E-state index is 0.180. The molecular weight excluding hydrogens is 445 g/mol. The molecule has 8 nitrogen and oxygen atoms in total. The van der Waals surface area contributed by atoms with Crippen molar-refractivity contribution in [2.75, 3.05) is 5.32 Å². The second-order valence-electron chi connectivity index (χ2n) is 8.41. The van der Waals surface area contributed by atoms with E-state index in [1.165, 1.54) is 17.8 Å². The van der Waals surface area contributed by atoms with E-state index >= 15 is 0 Å². The van der Waals surface area contributed by atoms with Crippen LogP contribution < -0.4 is 10.1 Å². The molecule has 2 atom stereocenters. The van der Waals surface area contributed by atoms with Crippen LogP contribution in [0.2, 0.25) is 0 Å². The van der Waals surface area contributed by atoms with Crippen molar-refractivity contribution in [1.29, 1.82) is 0 Å². The van der Waals surface area contributed by atoms with E-state index in [2.05, 4.69) is 20.5 Å². The fraction of sp³-hybridized carbons (Fsp3) is 0.174. The van der Waals surface area contributed by atoms with Gasteiger partial charge in [-0.05, 0) is 47.9 Å². The number of hydrogen-bond acceptors (Lipinski definition) is 7. The topological polar surface area (TPSA) is 98.5 Å². The van der Waals surface area contributed by atoms with Gasteiger partial charge >= 0.3 is 0 Å². The minimum Gasteiger partial charge on any atom is -0.489 e. The van der Waals surface area contributed by atoms with Gasteiger partial charge in [0.25, 0.3) is 0 Å². The van der Waals surface area contributed by atoms with Crippen molar-refractivity contribution in [1.82, 2.24) is 19.6 Å². The van der Waals surface area contributed by atoms with E-state index in [1.54, 1.807) is 40.9 Å². The molecule has 3 aliphatic rings. The van der Waals surface area contributed by atoms with Crippen LogP contribution in [0, 0.1) is 5.82 Å². The summed E-state index contributed by atoms with van der Waals surface area (Å²) in [6, 6.07) is 8.25. The van der Waals surface area contributed by atoms with Crippen molar-refractivity contribution < 1.29 is 17.5 Å². The van der Waals surface area contributed by atoms with E-state index in [0.29, 0.717) is 28.3 Å². The molecule has 0 bridgehead atoms. The highest BCUT2D eigenvalue weighted by Gasteiger charge is 2.49. The lowest BCUT2D eigenvalue weighted by Gasteiger charge is -2.14. The summed E-state index contributed by atoms with van der Waals surface area (Å²) in [5, 5.41) is 12.7. The Bertz CT molecular complexity index is 1630. The van der Waals surface area contributed by atoms with Crippen molar-refractivity contribution in [2.45, 2.75) is 29.9 Å². The molecule has 2 aromatic carbocycles. The molecule has 2 aromatic heterocycles. The van der Waals surface area contributed by atoms with E-state index in [0.717, 1.165) is 23.3 Å². The molecule has 1 aliphatic carbocycles. The number of sulfone groups is 1. The van der Waals surface area contributed by atoms with Gasteiger partial charge in [0.1, 0.15) is 24.0 Å². The van der Waals surface area contributed by atoms with Crippen molar-refractivity contribution in [2.24, 2.45) is 0 Å². The summed E-state index contributed by atoms with van der Waals surface area (Å²) < 4.78 is 46.3. The lowest BCUT2D eigenvalue weighted by molar-refractivity contribution is 0.318. The SMILES string of the molecule is O=S1(=O)C=Cc2cc(-c3cnc(NCc4c(F)ccc5c4[C@H]4C[C@H]4O5)n4cnnc34)ccc21. The third-order valence-electron chi connectivity index (χ3n) is 6.45. The van der Waals surface area contributed by atoms with Gasteiger partial charge in [0.05, 0.1) is 4.90 Å². The Hall–Kier alpha value is -3.79. The number of aromatic nitrogens is 4. The Morgan fingerprint density at radius 2 is 2.15 bits per heavy atom. The highest BCUT2D eigenvalue weighted by molar-refractivity contribution is 7.94. The smallest absolute Gasteiger partial charge is 0.210 e. The standard InChI is InChI=1S/C23H16FN5O3S/c24-17-2-3-18-21(14-8-19(14)32-18)16(17)10-26-23-25-9-15(22-28-27-11-29(22)23)12-1-4-20-13(7-12)5-6-33(20,30)31/h1-7,9,11,14,19H,8,10H2,(H,25,26)/t14-,19+/m0/s1. The molecule has 4 aromatic rings. The van der Waals surface area contributed by atoms with Gasteiger partial charge in [-0.15, -0.1) is 10.2 Å². The highest BCUT2D eigenvalue weighted by atomic mass is 32.2. The molecule has 7 rings (SSSR count). The fourth-order valence-electron chi connectivity index (χ4n) is 4.74. The maximum Gasteiger partial charge on any atom is 0.210 e. The number of nitrogens with one attached hydrogen (secondary N) is 1. The van der Waals surface area contributed by atoms with Crippen LogP contribution in [0.15, 0.2) is 53.2 Å². The third kappa shape index (κ3) is 2.73. The summed E-state index contributed by atoms with van der Waals surface area (Å²) in [5.74, 6) is 1.25. The van der Waals surface area contributed by atoms with E-state index in [1.807, 2.05) is 0 Å². The van der Waals surface area contributed by atoms with Gasteiger partial charge in [-0.1, -0.05) is 6.07 Å². The van der Waals surface area contributed by atoms with Gasteiger partial charge < -0.3 is 10.1 Å². The fourth-order valence-corrected chi connectivity index (χ4v) is 5.92. The van der Waals surface area contributed by atoms with E-state index < -0.39 is 9.84 Å². The van der Waals surface area contributed by atoms with Gasteiger partial charge in [-0.25, -0.2) is 17.8 Å². The van der Waals surface area contributed by atoms with Crippen molar-refractivity contribution in [3.63, 3.8) is 0 Å². The predicted octanol–water partition coefficient (Wildman–Crippen LogP) is 3.55. The van der Waals surface area contributed by atoms with Crippen molar-refractivity contribution in [3.05, 3.63) is 70.8 Å². The van der Waals surface area contributed by atoms with Crippen LogP contribution in [0.3, 0.4) is 0 Å². The number of nitrogens with zero attached hydrogens (tertiary/aromatic N) is 4. The Morgan fingerprint density at radius 1 is 1.24 bits per heavy atom. The Morgan fingerprint density at radius 3 is 3.06 bits per heavy atom. The molecule has 0 amide bonds. The largest absolute Gasteiger partial charge is 0.489 e. The van der Waals surface area contributed by atoms with Crippen LogP contribution in [0.5, 0.6) is 5.75 Å².